The second-order valence-corrected chi connectivity index (χ2v) is 7.53. The lowest BCUT2D eigenvalue weighted by molar-refractivity contribution is -0.123. The van der Waals surface area contributed by atoms with Gasteiger partial charge >= 0.3 is 0 Å². The third-order valence-corrected chi connectivity index (χ3v) is 5.89. The van der Waals surface area contributed by atoms with Crippen LogP contribution in [0.3, 0.4) is 0 Å². The van der Waals surface area contributed by atoms with Crippen molar-refractivity contribution in [3.63, 3.8) is 0 Å². The third-order valence-electron chi connectivity index (χ3n) is 5.53. The molecule has 1 fully saturated rings. The van der Waals surface area contributed by atoms with Crippen LogP contribution in [0.5, 0.6) is 0 Å². The molecular weight excluding hydrogens is 351 g/mol. The normalized spacial score (nSPS) is 18.2. The largest absolute Gasteiger partial charge is 0.312 e. The van der Waals surface area contributed by atoms with Crippen LogP contribution in [0.2, 0.25) is 5.02 Å². The summed E-state index contributed by atoms with van der Waals surface area (Å²) in [6, 6.07) is 13.0. The van der Waals surface area contributed by atoms with Crippen LogP contribution in [0.4, 0.5) is 10.1 Å². The molecule has 2 heterocycles. The summed E-state index contributed by atoms with van der Waals surface area (Å²) in [5, 5.41) is 0.469. The minimum Gasteiger partial charge on any atom is -0.312 e. The number of halogens is 2. The van der Waals surface area contributed by atoms with E-state index in [-0.39, 0.29) is 17.6 Å². The Kier molecular flexibility index (Phi) is 4.96. The van der Waals surface area contributed by atoms with Crippen molar-refractivity contribution in [1.82, 2.24) is 4.90 Å². The summed E-state index contributed by atoms with van der Waals surface area (Å²) in [7, 11) is 0. The Morgan fingerprint density at radius 3 is 2.62 bits per heavy atom. The van der Waals surface area contributed by atoms with Crippen molar-refractivity contribution in [1.29, 1.82) is 0 Å². The fraction of sp³-hybridized carbons (Fsp3) is 0.381. The molecular formula is C21H22ClFN2O. The van der Waals surface area contributed by atoms with Gasteiger partial charge in [0.15, 0.2) is 0 Å². The quantitative estimate of drug-likeness (QED) is 0.802. The summed E-state index contributed by atoms with van der Waals surface area (Å²) >= 11 is 6.13. The summed E-state index contributed by atoms with van der Waals surface area (Å²) < 4.78 is 14.0. The molecule has 0 radical (unpaired) electrons. The number of carbonyl (C=O) groups excluding carboxylic acids is 1. The minimum atomic E-state index is -0.260. The maximum absolute atomic E-state index is 14.0. The zero-order valence-corrected chi connectivity index (χ0v) is 15.4. The average molecular weight is 373 g/mol. The van der Waals surface area contributed by atoms with Crippen LogP contribution in [0.25, 0.3) is 0 Å². The van der Waals surface area contributed by atoms with Crippen molar-refractivity contribution in [2.75, 3.05) is 24.5 Å². The van der Waals surface area contributed by atoms with E-state index in [0.717, 1.165) is 44.6 Å². The van der Waals surface area contributed by atoms with E-state index in [4.69, 9.17) is 11.6 Å². The van der Waals surface area contributed by atoms with Crippen molar-refractivity contribution in [3.8, 4) is 0 Å². The number of para-hydroxylation sites is 1. The predicted octanol–water partition coefficient (Wildman–Crippen LogP) is 4.28. The van der Waals surface area contributed by atoms with Crippen molar-refractivity contribution in [3.05, 3.63) is 64.4 Å². The number of carbonyl (C=O) groups is 1. The van der Waals surface area contributed by atoms with Gasteiger partial charge in [-0.15, -0.1) is 0 Å². The maximum atomic E-state index is 14.0. The Balaban J connectivity index is 1.38. The topological polar surface area (TPSA) is 23.6 Å². The lowest BCUT2D eigenvalue weighted by Gasteiger charge is -2.33. The highest BCUT2D eigenvalue weighted by atomic mass is 35.5. The first-order chi connectivity index (χ1) is 12.6. The predicted molar refractivity (Wildman–Crippen MR) is 102 cm³/mol. The third kappa shape index (κ3) is 3.36. The Morgan fingerprint density at radius 2 is 1.85 bits per heavy atom. The van der Waals surface area contributed by atoms with Crippen LogP contribution in [-0.2, 0) is 17.8 Å². The number of benzene rings is 2. The summed E-state index contributed by atoms with van der Waals surface area (Å²) in [6.07, 6.45) is 2.56. The van der Waals surface area contributed by atoms with Gasteiger partial charge in [0.1, 0.15) is 5.82 Å². The summed E-state index contributed by atoms with van der Waals surface area (Å²) in [5.74, 6) is 0.0244. The van der Waals surface area contributed by atoms with Gasteiger partial charge in [0, 0.05) is 35.3 Å². The number of likely N-dealkylation sites (tertiary alicyclic amines) is 1. The highest BCUT2D eigenvalue weighted by molar-refractivity contribution is 6.31. The Hall–Kier alpha value is -1.91. The highest BCUT2D eigenvalue weighted by Crippen LogP contribution is 2.31. The van der Waals surface area contributed by atoms with Gasteiger partial charge < -0.3 is 4.90 Å². The van der Waals surface area contributed by atoms with Crippen LogP contribution in [0, 0.1) is 11.7 Å². The minimum absolute atomic E-state index is 0.0495. The molecule has 136 valence electrons. The van der Waals surface area contributed by atoms with Gasteiger partial charge in [-0.1, -0.05) is 35.9 Å². The molecule has 2 aromatic carbocycles. The second-order valence-electron chi connectivity index (χ2n) is 7.12. The van der Waals surface area contributed by atoms with Gasteiger partial charge in [0.25, 0.3) is 0 Å². The summed E-state index contributed by atoms with van der Waals surface area (Å²) in [4.78, 5) is 17.1. The molecule has 4 rings (SSSR count). The van der Waals surface area contributed by atoms with E-state index in [2.05, 4.69) is 11.0 Å². The van der Waals surface area contributed by atoms with Crippen molar-refractivity contribution in [2.45, 2.75) is 25.8 Å². The lowest BCUT2D eigenvalue weighted by Crippen LogP contribution is -2.42. The van der Waals surface area contributed by atoms with Gasteiger partial charge in [0.2, 0.25) is 5.91 Å². The van der Waals surface area contributed by atoms with E-state index in [1.54, 1.807) is 12.1 Å². The molecule has 3 nitrogen and oxygen atoms in total. The molecule has 0 N–H and O–H groups in total. The highest BCUT2D eigenvalue weighted by Gasteiger charge is 2.32. The molecule has 0 atom stereocenters. The molecule has 0 aromatic heterocycles. The first-order valence-electron chi connectivity index (χ1n) is 9.18. The average Bonchev–Trinajstić information content (AvgIpc) is 3.09. The van der Waals surface area contributed by atoms with Crippen molar-refractivity contribution in [2.24, 2.45) is 5.92 Å². The molecule has 2 aliphatic heterocycles. The monoisotopic (exact) mass is 372 g/mol. The van der Waals surface area contributed by atoms with E-state index in [1.165, 1.54) is 11.6 Å². The number of piperidine rings is 1. The molecule has 5 heteroatoms. The number of rotatable bonds is 3. The van der Waals surface area contributed by atoms with E-state index >= 15 is 0 Å². The van der Waals surface area contributed by atoms with Gasteiger partial charge in [-0.3, -0.25) is 9.69 Å². The molecule has 0 spiro atoms. The molecule has 26 heavy (non-hydrogen) atoms. The number of hydrogen-bond acceptors (Lipinski definition) is 2. The molecule has 1 amide bonds. The van der Waals surface area contributed by atoms with E-state index in [9.17, 15) is 9.18 Å². The zero-order chi connectivity index (χ0) is 18.1. The maximum Gasteiger partial charge on any atom is 0.230 e. The first-order valence-corrected chi connectivity index (χ1v) is 9.56. The Bertz CT molecular complexity index is 797. The van der Waals surface area contributed by atoms with Crippen molar-refractivity contribution < 1.29 is 9.18 Å². The lowest BCUT2D eigenvalue weighted by atomic mass is 9.94. The van der Waals surface area contributed by atoms with E-state index in [1.807, 2.05) is 23.1 Å². The summed E-state index contributed by atoms with van der Waals surface area (Å²) in [5.41, 5.74) is 2.87. The molecule has 0 unspecified atom stereocenters. The fourth-order valence-corrected chi connectivity index (χ4v) is 4.26. The number of amides is 1. The van der Waals surface area contributed by atoms with Crippen LogP contribution in [0.15, 0.2) is 42.5 Å². The van der Waals surface area contributed by atoms with Gasteiger partial charge in [-0.2, -0.15) is 0 Å². The van der Waals surface area contributed by atoms with Crippen LogP contribution >= 0.6 is 11.6 Å². The smallest absolute Gasteiger partial charge is 0.230 e. The SMILES string of the molecule is O=C(C1CCN(Cc2c(F)cccc2Cl)CC1)N1CCc2ccccc21. The summed E-state index contributed by atoms with van der Waals surface area (Å²) in [6.45, 7) is 2.86. The molecule has 0 saturated carbocycles. The Morgan fingerprint density at radius 1 is 1.08 bits per heavy atom. The molecule has 1 saturated heterocycles. The van der Waals surface area contributed by atoms with Crippen molar-refractivity contribution >= 4 is 23.2 Å². The number of anilines is 1. The Labute approximate surface area is 158 Å². The standard InChI is InChI=1S/C21H22ClFN2O/c22-18-5-3-6-19(23)17(18)14-24-11-8-16(9-12-24)21(26)25-13-10-15-4-1-2-7-20(15)25/h1-7,16H,8-14H2. The van der Waals surface area contributed by atoms with Gasteiger partial charge in [-0.25, -0.2) is 4.39 Å². The van der Waals surface area contributed by atoms with Crippen LogP contribution < -0.4 is 4.90 Å². The number of nitrogens with zero attached hydrogens (tertiary/aromatic N) is 2. The zero-order valence-electron chi connectivity index (χ0n) is 14.6. The van der Waals surface area contributed by atoms with Gasteiger partial charge in [-0.05, 0) is 56.1 Å². The molecule has 0 aliphatic carbocycles. The number of hydrogen-bond donors (Lipinski definition) is 0. The van der Waals surface area contributed by atoms with E-state index in [0.29, 0.717) is 17.1 Å². The van der Waals surface area contributed by atoms with Crippen LogP contribution in [0.1, 0.15) is 24.0 Å². The molecule has 0 bridgehead atoms. The fourth-order valence-electron chi connectivity index (χ4n) is 4.03. The number of fused-ring (bicyclic) bond motifs is 1. The molecule has 2 aromatic rings. The van der Waals surface area contributed by atoms with Crippen LogP contribution in [-0.4, -0.2) is 30.4 Å². The first kappa shape index (κ1) is 17.5. The van der Waals surface area contributed by atoms with Gasteiger partial charge in [0.05, 0.1) is 0 Å². The second kappa shape index (κ2) is 7.37. The molecule has 2 aliphatic rings. The van der Waals surface area contributed by atoms with E-state index < -0.39 is 0 Å².